The molecule has 5 nitrogen and oxygen atoms in total. The van der Waals surface area contributed by atoms with Gasteiger partial charge < -0.3 is 4.74 Å². The molecular weight excluding hydrogens is 350 g/mol. The molecule has 26 heavy (non-hydrogen) atoms. The van der Waals surface area contributed by atoms with Gasteiger partial charge in [-0.15, -0.1) is 0 Å². The Balaban J connectivity index is 1.62. The average Bonchev–Trinajstić information content (AvgIpc) is 3.06. The molecule has 0 bridgehead atoms. The number of sulfonamides is 1. The molecule has 1 aliphatic heterocycles. The summed E-state index contributed by atoms with van der Waals surface area (Å²) >= 11 is 0. The summed E-state index contributed by atoms with van der Waals surface area (Å²) in [4.78, 5) is 11.9. The maximum atomic E-state index is 13.0. The zero-order chi connectivity index (χ0) is 18.6. The minimum Gasteiger partial charge on any atom is -0.376 e. The lowest BCUT2D eigenvalue weighted by Gasteiger charge is -2.32. The molecule has 0 saturated carbocycles. The molecule has 1 aliphatic carbocycles. The highest BCUT2D eigenvalue weighted by Crippen LogP contribution is 2.34. The van der Waals surface area contributed by atoms with Gasteiger partial charge in [-0.1, -0.05) is 48.6 Å². The highest BCUT2D eigenvalue weighted by Gasteiger charge is 2.45. The highest BCUT2D eigenvalue weighted by atomic mass is 32.2. The summed E-state index contributed by atoms with van der Waals surface area (Å²) in [6.45, 7) is 3.05. The van der Waals surface area contributed by atoms with E-state index in [0.29, 0.717) is 45.4 Å². The Bertz CT molecular complexity index is 813. The van der Waals surface area contributed by atoms with Gasteiger partial charge in [-0.25, -0.2) is 12.7 Å². The van der Waals surface area contributed by atoms with Gasteiger partial charge in [0, 0.05) is 13.0 Å². The van der Waals surface area contributed by atoms with E-state index in [1.54, 1.807) is 13.0 Å². The van der Waals surface area contributed by atoms with E-state index in [9.17, 15) is 13.2 Å². The number of nitrogens with zero attached hydrogens (tertiary/aromatic N) is 1. The Morgan fingerprint density at radius 1 is 1.23 bits per heavy atom. The second kappa shape index (κ2) is 7.76. The fourth-order valence-electron chi connectivity index (χ4n) is 3.36. The van der Waals surface area contributed by atoms with Crippen molar-refractivity contribution in [1.29, 1.82) is 0 Å². The minimum absolute atomic E-state index is 0.290. The quantitative estimate of drug-likeness (QED) is 0.687. The molecule has 0 N–H and O–H groups in total. The SMILES string of the molecule is C[C@]1(S(=O)(=O)N2CCCC2=O)C=C(CCOCc2ccccc2)C=CC1. The summed E-state index contributed by atoms with van der Waals surface area (Å²) in [6.07, 6.45) is 7.57. The van der Waals surface area contributed by atoms with Gasteiger partial charge in [0.15, 0.2) is 0 Å². The second-order valence-corrected chi connectivity index (χ2v) is 9.32. The fourth-order valence-corrected chi connectivity index (χ4v) is 5.20. The van der Waals surface area contributed by atoms with Crippen LogP contribution >= 0.6 is 0 Å². The first kappa shape index (κ1) is 18.9. The summed E-state index contributed by atoms with van der Waals surface area (Å²) in [7, 11) is -3.70. The monoisotopic (exact) mass is 375 g/mol. The Morgan fingerprint density at radius 3 is 2.69 bits per heavy atom. The predicted octanol–water partition coefficient (Wildman–Crippen LogP) is 3.19. The molecular formula is C20H25NO4S. The molecule has 1 atom stereocenters. The third kappa shape index (κ3) is 3.91. The van der Waals surface area contributed by atoms with Gasteiger partial charge in [0.25, 0.3) is 0 Å². The molecule has 3 rings (SSSR count). The maximum absolute atomic E-state index is 13.0. The molecule has 1 aromatic carbocycles. The number of hydrogen-bond acceptors (Lipinski definition) is 4. The number of allylic oxidation sites excluding steroid dienone is 2. The molecule has 6 heteroatoms. The number of carbonyl (C=O) groups excluding carboxylic acids is 1. The molecule has 1 aromatic rings. The Morgan fingerprint density at radius 2 is 2.00 bits per heavy atom. The van der Waals surface area contributed by atoms with Crippen LogP contribution in [0.1, 0.15) is 38.2 Å². The van der Waals surface area contributed by atoms with E-state index < -0.39 is 14.8 Å². The predicted molar refractivity (Wildman–Crippen MR) is 101 cm³/mol. The van der Waals surface area contributed by atoms with Crippen LogP contribution < -0.4 is 0 Å². The van der Waals surface area contributed by atoms with Crippen molar-refractivity contribution in [3.63, 3.8) is 0 Å². The van der Waals surface area contributed by atoms with E-state index in [1.807, 2.05) is 42.5 Å². The van der Waals surface area contributed by atoms with Crippen molar-refractivity contribution in [1.82, 2.24) is 4.31 Å². The van der Waals surface area contributed by atoms with Gasteiger partial charge in [-0.05, 0) is 37.3 Å². The van der Waals surface area contributed by atoms with E-state index in [1.165, 1.54) is 0 Å². The average molecular weight is 375 g/mol. The van der Waals surface area contributed by atoms with E-state index >= 15 is 0 Å². The van der Waals surface area contributed by atoms with Gasteiger partial charge in [-0.2, -0.15) is 0 Å². The summed E-state index contributed by atoms with van der Waals surface area (Å²) in [5, 5.41) is 0. The number of ether oxygens (including phenoxy) is 1. The topological polar surface area (TPSA) is 63.7 Å². The number of hydrogen-bond donors (Lipinski definition) is 0. The van der Waals surface area contributed by atoms with Crippen LogP contribution in [0, 0.1) is 0 Å². The number of benzene rings is 1. The second-order valence-electron chi connectivity index (χ2n) is 7.00. The number of amides is 1. The molecule has 1 amide bonds. The zero-order valence-electron chi connectivity index (χ0n) is 15.1. The van der Waals surface area contributed by atoms with Crippen LogP contribution in [0.2, 0.25) is 0 Å². The zero-order valence-corrected chi connectivity index (χ0v) is 15.9. The minimum atomic E-state index is -3.70. The standard InChI is InChI=1S/C20H25NO4S/c1-20(26(23,24)21-13-6-10-19(21)22)12-5-9-17(15-20)11-14-25-16-18-7-3-2-4-8-18/h2-5,7-9,15H,6,10-14,16H2,1H3/t20-/m1/s1. The van der Waals surface area contributed by atoms with Crippen LogP contribution in [0.4, 0.5) is 0 Å². The molecule has 0 spiro atoms. The lowest BCUT2D eigenvalue weighted by atomic mass is 9.95. The fraction of sp³-hybridized carbons (Fsp3) is 0.450. The van der Waals surface area contributed by atoms with Crippen molar-refractivity contribution in [3.05, 3.63) is 59.7 Å². The Hall–Kier alpha value is -1.92. The van der Waals surface area contributed by atoms with Gasteiger partial charge in [0.05, 0.1) is 13.2 Å². The van der Waals surface area contributed by atoms with E-state index in [2.05, 4.69) is 0 Å². The van der Waals surface area contributed by atoms with Crippen LogP contribution in [-0.4, -0.2) is 36.5 Å². The summed E-state index contributed by atoms with van der Waals surface area (Å²) in [5.41, 5.74) is 2.04. The van der Waals surface area contributed by atoms with Crippen molar-refractivity contribution in [2.45, 2.75) is 44.0 Å². The third-order valence-electron chi connectivity index (χ3n) is 4.90. The summed E-state index contributed by atoms with van der Waals surface area (Å²) in [5.74, 6) is -0.290. The first-order valence-corrected chi connectivity index (χ1v) is 10.4. The highest BCUT2D eigenvalue weighted by molar-refractivity contribution is 7.91. The maximum Gasteiger partial charge on any atom is 0.246 e. The lowest BCUT2D eigenvalue weighted by molar-refractivity contribution is -0.123. The molecule has 140 valence electrons. The molecule has 0 unspecified atom stereocenters. The van der Waals surface area contributed by atoms with Crippen LogP contribution in [-0.2, 0) is 26.2 Å². The van der Waals surface area contributed by atoms with Crippen molar-refractivity contribution in [2.75, 3.05) is 13.2 Å². The number of carbonyl (C=O) groups is 1. The van der Waals surface area contributed by atoms with Crippen LogP contribution in [0.25, 0.3) is 0 Å². The lowest BCUT2D eigenvalue weighted by Crippen LogP contribution is -2.46. The van der Waals surface area contributed by atoms with Gasteiger partial charge >= 0.3 is 0 Å². The van der Waals surface area contributed by atoms with Gasteiger partial charge in [-0.3, -0.25) is 4.79 Å². The Kier molecular flexibility index (Phi) is 5.63. The molecule has 2 aliphatic rings. The molecule has 1 heterocycles. The Labute approximate surface area is 155 Å². The smallest absolute Gasteiger partial charge is 0.246 e. The molecule has 1 saturated heterocycles. The van der Waals surface area contributed by atoms with Gasteiger partial charge in [0.1, 0.15) is 4.75 Å². The van der Waals surface area contributed by atoms with Crippen LogP contribution in [0.15, 0.2) is 54.1 Å². The van der Waals surface area contributed by atoms with Crippen molar-refractivity contribution in [2.24, 2.45) is 0 Å². The summed E-state index contributed by atoms with van der Waals surface area (Å²) in [6, 6.07) is 9.93. The normalized spacial score (nSPS) is 23.3. The van der Waals surface area contributed by atoms with E-state index in [4.69, 9.17) is 4.74 Å². The first-order chi connectivity index (χ1) is 12.4. The largest absolute Gasteiger partial charge is 0.376 e. The van der Waals surface area contributed by atoms with Crippen LogP contribution in [0.5, 0.6) is 0 Å². The molecule has 0 aromatic heterocycles. The molecule has 0 radical (unpaired) electrons. The van der Waals surface area contributed by atoms with Crippen LogP contribution in [0.3, 0.4) is 0 Å². The van der Waals surface area contributed by atoms with E-state index in [-0.39, 0.29) is 5.91 Å². The number of rotatable bonds is 7. The molecule has 1 fully saturated rings. The van der Waals surface area contributed by atoms with E-state index in [0.717, 1.165) is 15.4 Å². The first-order valence-electron chi connectivity index (χ1n) is 8.97. The van der Waals surface area contributed by atoms with Crippen molar-refractivity contribution < 1.29 is 17.9 Å². The van der Waals surface area contributed by atoms with Crippen molar-refractivity contribution >= 4 is 15.9 Å². The van der Waals surface area contributed by atoms with Gasteiger partial charge in [0.2, 0.25) is 15.9 Å². The third-order valence-corrected chi connectivity index (χ3v) is 7.33. The summed E-state index contributed by atoms with van der Waals surface area (Å²) < 4.78 is 31.6. The van der Waals surface area contributed by atoms with Crippen molar-refractivity contribution in [3.8, 4) is 0 Å².